The summed E-state index contributed by atoms with van der Waals surface area (Å²) < 4.78 is 1.18. The molecule has 0 aliphatic carbocycles. The maximum absolute atomic E-state index is 3.58. The van der Waals surface area contributed by atoms with E-state index in [-0.39, 0.29) is 0 Å². The summed E-state index contributed by atoms with van der Waals surface area (Å²) in [5, 5.41) is 3.50. The molecule has 0 spiro atoms. The number of benzene rings is 1. The van der Waals surface area contributed by atoms with Crippen LogP contribution in [0.25, 0.3) is 0 Å². The molecule has 0 fully saturated rings. The number of nitrogens with one attached hydrogen (secondary N) is 1. The van der Waals surface area contributed by atoms with E-state index in [2.05, 4.69) is 66.3 Å². The molecule has 1 aromatic rings. The van der Waals surface area contributed by atoms with Crippen LogP contribution < -0.4 is 5.32 Å². The van der Waals surface area contributed by atoms with Gasteiger partial charge in [-0.05, 0) is 42.5 Å². The molecule has 0 aliphatic rings. The van der Waals surface area contributed by atoms with E-state index in [4.69, 9.17) is 0 Å². The van der Waals surface area contributed by atoms with Crippen molar-refractivity contribution in [1.82, 2.24) is 5.32 Å². The molecule has 102 valence electrons. The van der Waals surface area contributed by atoms with Gasteiger partial charge in [-0.25, -0.2) is 0 Å². The Kier molecular flexibility index (Phi) is 7.60. The Morgan fingerprint density at radius 3 is 2.67 bits per heavy atom. The lowest BCUT2D eigenvalue weighted by molar-refractivity contribution is 0.422. The van der Waals surface area contributed by atoms with Gasteiger partial charge < -0.3 is 5.32 Å². The zero-order valence-corrected chi connectivity index (χ0v) is 13.5. The van der Waals surface area contributed by atoms with E-state index in [1.165, 1.54) is 29.3 Å². The molecule has 2 heteroatoms. The van der Waals surface area contributed by atoms with E-state index in [1.807, 2.05) is 0 Å². The van der Waals surface area contributed by atoms with Crippen LogP contribution in [-0.2, 0) is 0 Å². The van der Waals surface area contributed by atoms with Gasteiger partial charge in [0, 0.05) is 11.0 Å². The van der Waals surface area contributed by atoms with E-state index in [9.17, 15) is 0 Å². The third-order valence-electron chi connectivity index (χ3n) is 3.43. The van der Waals surface area contributed by atoms with E-state index < -0.39 is 0 Å². The lowest BCUT2D eigenvalue weighted by atomic mass is 9.87. The highest BCUT2D eigenvalue weighted by atomic mass is 79.9. The second-order valence-corrected chi connectivity index (χ2v) is 6.10. The predicted molar refractivity (Wildman–Crippen MR) is 84.1 cm³/mol. The highest BCUT2D eigenvalue weighted by Crippen LogP contribution is 2.27. The smallest absolute Gasteiger partial charge is 0.0178 e. The van der Waals surface area contributed by atoms with Crippen molar-refractivity contribution in [3.05, 3.63) is 34.3 Å². The van der Waals surface area contributed by atoms with Gasteiger partial charge in [0.2, 0.25) is 0 Å². The molecule has 0 bridgehead atoms. The summed E-state index contributed by atoms with van der Waals surface area (Å²) in [7, 11) is 0. The Morgan fingerprint density at radius 2 is 2.06 bits per heavy atom. The van der Waals surface area contributed by atoms with Gasteiger partial charge >= 0.3 is 0 Å². The number of likely N-dealkylation sites (N-methyl/N-ethyl adjacent to an activating group) is 1. The van der Waals surface area contributed by atoms with Crippen LogP contribution in [0.3, 0.4) is 0 Å². The zero-order valence-electron chi connectivity index (χ0n) is 11.9. The Morgan fingerprint density at radius 1 is 1.28 bits per heavy atom. The Hall–Kier alpha value is -0.340. The molecule has 0 saturated carbocycles. The first-order chi connectivity index (χ1) is 8.67. The van der Waals surface area contributed by atoms with Gasteiger partial charge in [0.15, 0.2) is 0 Å². The van der Waals surface area contributed by atoms with Gasteiger partial charge in [-0.3, -0.25) is 0 Å². The lowest BCUT2D eigenvalue weighted by Gasteiger charge is -2.22. The highest BCUT2D eigenvalue weighted by molar-refractivity contribution is 9.10. The normalized spacial score (nSPS) is 14.4. The van der Waals surface area contributed by atoms with Gasteiger partial charge in [0.25, 0.3) is 0 Å². The van der Waals surface area contributed by atoms with Crippen molar-refractivity contribution in [3.63, 3.8) is 0 Å². The van der Waals surface area contributed by atoms with Crippen LogP contribution >= 0.6 is 15.9 Å². The highest BCUT2D eigenvalue weighted by Gasteiger charge is 2.15. The fourth-order valence-corrected chi connectivity index (χ4v) is 2.93. The van der Waals surface area contributed by atoms with E-state index in [0.717, 1.165) is 19.0 Å². The average Bonchev–Trinajstić information content (AvgIpc) is 2.34. The molecule has 0 aliphatic heterocycles. The van der Waals surface area contributed by atoms with E-state index in [1.54, 1.807) is 0 Å². The first-order valence-corrected chi connectivity index (χ1v) is 7.92. The largest absolute Gasteiger partial charge is 0.316 e. The Balaban J connectivity index is 2.70. The number of hydrogen-bond donors (Lipinski definition) is 1. The molecule has 1 aromatic carbocycles. The Bertz CT molecular complexity index is 338. The van der Waals surface area contributed by atoms with Gasteiger partial charge in [0.05, 0.1) is 0 Å². The predicted octanol–water partition coefficient (Wildman–Crippen LogP) is 4.97. The van der Waals surface area contributed by atoms with Crippen molar-refractivity contribution >= 4 is 15.9 Å². The zero-order chi connectivity index (χ0) is 13.4. The maximum atomic E-state index is 3.58. The van der Waals surface area contributed by atoms with Gasteiger partial charge in [-0.2, -0.15) is 0 Å². The van der Waals surface area contributed by atoms with Crippen LogP contribution in [0.5, 0.6) is 0 Å². The second kappa shape index (κ2) is 8.71. The fourth-order valence-electron chi connectivity index (χ4n) is 2.51. The minimum Gasteiger partial charge on any atom is -0.316 e. The average molecular weight is 312 g/mol. The van der Waals surface area contributed by atoms with Gasteiger partial charge in [0.1, 0.15) is 0 Å². The van der Waals surface area contributed by atoms with E-state index >= 15 is 0 Å². The van der Waals surface area contributed by atoms with Crippen LogP contribution in [0.4, 0.5) is 0 Å². The van der Waals surface area contributed by atoms with Crippen LogP contribution in [0.15, 0.2) is 28.7 Å². The first-order valence-electron chi connectivity index (χ1n) is 7.13. The maximum Gasteiger partial charge on any atom is 0.0178 e. The molecule has 2 atom stereocenters. The molecule has 0 radical (unpaired) electrons. The molecular weight excluding hydrogens is 286 g/mol. The first kappa shape index (κ1) is 15.7. The summed E-state index contributed by atoms with van der Waals surface area (Å²) in [4.78, 5) is 0. The standard InChI is InChI=1S/C16H26BrN/c1-4-7-13(3)10-15(12-18-5-2)14-8-6-9-16(17)11-14/h6,8-9,11,13,15,18H,4-5,7,10,12H2,1-3H3. The second-order valence-electron chi connectivity index (χ2n) is 5.19. The summed E-state index contributed by atoms with van der Waals surface area (Å²) >= 11 is 3.58. The summed E-state index contributed by atoms with van der Waals surface area (Å²) in [6.07, 6.45) is 3.89. The molecule has 18 heavy (non-hydrogen) atoms. The molecule has 0 saturated heterocycles. The molecule has 2 unspecified atom stereocenters. The quantitative estimate of drug-likeness (QED) is 0.715. The molecular formula is C16H26BrN. The van der Waals surface area contributed by atoms with Crippen LogP contribution in [-0.4, -0.2) is 13.1 Å². The SMILES string of the molecule is CCCC(C)CC(CNCC)c1cccc(Br)c1. The van der Waals surface area contributed by atoms with Crippen molar-refractivity contribution in [2.45, 2.75) is 46.0 Å². The third-order valence-corrected chi connectivity index (χ3v) is 3.92. The van der Waals surface area contributed by atoms with Crippen molar-refractivity contribution in [2.75, 3.05) is 13.1 Å². The summed E-state index contributed by atoms with van der Waals surface area (Å²) in [5.74, 6) is 1.43. The summed E-state index contributed by atoms with van der Waals surface area (Å²) in [5.41, 5.74) is 1.45. The van der Waals surface area contributed by atoms with Crippen LogP contribution in [0, 0.1) is 5.92 Å². The number of halogens is 1. The van der Waals surface area contributed by atoms with Gasteiger partial charge in [-0.1, -0.05) is 61.7 Å². The molecule has 1 N–H and O–H groups in total. The lowest BCUT2D eigenvalue weighted by Crippen LogP contribution is -2.22. The van der Waals surface area contributed by atoms with Crippen molar-refractivity contribution in [2.24, 2.45) is 5.92 Å². The van der Waals surface area contributed by atoms with Crippen molar-refractivity contribution in [1.29, 1.82) is 0 Å². The topological polar surface area (TPSA) is 12.0 Å². The van der Waals surface area contributed by atoms with Crippen LogP contribution in [0.1, 0.15) is 51.5 Å². The molecule has 0 aromatic heterocycles. The van der Waals surface area contributed by atoms with E-state index in [0.29, 0.717) is 5.92 Å². The summed E-state index contributed by atoms with van der Waals surface area (Å²) in [6.45, 7) is 8.95. The number of rotatable bonds is 8. The number of hydrogen-bond acceptors (Lipinski definition) is 1. The van der Waals surface area contributed by atoms with Gasteiger partial charge in [-0.15, -0.1) is 0 Å². The summed E-state index contributed by atoms with van der Waals surface area (Å²) in [6, 6.07) is 8.76. The molecule has 0 amide bonds. The Labute approximate surface area is 120 Å². The molecule has 0 heterocycles. The van der Waals surface area contributed by atoms with Crippen LogP contribution in [0.2, 0.25) is 0 Å². The molecule has 1 rings (SSSR count). The third kappa shape index (κ3) is 5.53. The van der Waals surface area contributed by atoms with Crippen molar-refractivity contribution < 1.29 is 0 Å². The fraction of sp³-hybridized carbons (Fsp3) is 0.625. The van der Waals surface area contributed by atoms with Crippen molar-refractivity contribution in [3.8, 4) is 0 Å². The molecule has 1 nitrogen and oxygen atoms in total. The minimum absolute atomic E-state index is 0.629. The minimum atomic E-state index is 0.629. The monoisotopic (exact) mass is 311 g/mol.